The molecule has 1 heterocycles. The highest BCUT2D eigenvalue weighted by Gasteiger charge is 2.03. The van der Waals surface area contributed by atoms with Gasteiger partial charge < -0.3 is 15.7 Å². The van der Waals surface area contributed by atoms with E-state index in [0.717, 1.165) is 24.2 Å². The minimum atomic E-state index is -0.398. The first-order valence-corrected chi connectivity index (χ1v) is 8.03. The van der Waals surface area contributed by atoms with Gasteiger partial charge in [0.25, 0.3) is 0 Å². The van der Waals surface area contributed by atoms with Crippen LogP contribution in [0.3, 0.4) is 0 Å². The normalized spacial score (nSPS) is 10.9. The van der Waals surface area contributed by atoms with Gasteiger partial charge in [-0.05, 0) is 36.8 Å². The van der Waals surface area contributed by atoms with Gasteiger partial charge in [0.05, 0.1) is 13.2 Å². The van der Waals surface area contributed by atoms with Gasteiger partial charge in [0.15, 0.2) is 5.96 Å². The van der Waals surface area contributed by atoms with Gasteiger partial charge in [-0.2, -0.15) is 0 Å². The number of aliphatic hydroxyl groups is 1. The summed E-state index contributed by atoms with van der Waals surface area (Å²) in [4.78, 5) is 8.77. The lowest BCUT2D eigenvalue weighted by molar-refractivity contribution is 0.275. The van der Waals surface area contributed by atoms with Crippen LogP contribution in [0, 0.1) is 5.82 Å². The molecule has 1 aromatic heterocycles. The number of aliphatic imine (C=N–C) groups is 1. The fourth-order valence-corrected chi connectivity index (χ4v) is 2.21. The summed E-state index contributed by atoms with van der Waals surface area (Å²) in [6.07, 6.45) is 2.58. The number of hydrogen-bond donors (Lipinski definition) is 3. The maximum absolute atomic E-state index is 13.4. The zero-order valence-electron chi connectivity index (χ0n) is 14.2. The zero-order chi connectivity index (χ0) is 17.2. The molecule has 2 aromatic rings. The molecule has 0 fully saturated rings. The molecule has 0 saturated carbocycles. The largest absolute Gasteiger partial charge is 0.392 e. The van der Waals surface area contributed by atoms with E-state index in [4.69, 9.17) is 5.11 Å². The number of hydrogen-bond acceptors (Lipinski definition) is 3. The number of guanidine groups is 1. The van der Waals surface area contributed by atoms with Gasteiger partial charge in [-0.1, -0.05) is 12.1 Å². The van der Waals surface area contributed by atoms with Gasteiger partial charge in [-0.15, -0.1) is 24.0 Å². The van der Waals surface area contributed by atoms with Crippen LogP contribution in [0.5, 0.6) is 0 Å². The van der Waals surface area contributed by atoms with Crippen LogP contribution in [0.15, 0.2) is 47.6 Å². The van der Waals surface area contributed by atoms with E-state index in [2.05, 4.69) is 20.6 Å². The summed E-state index contributed by atoms with van der Waals surface area (Å²) < 4.78 is 13.4. The smallest absolute Gasteiger partial charge is 0.191 e. The molecule has 0 amide bonds. The van der Waals surface area contributed by atoms with Crippen molar-refractivity contribution >= 4 is 29.9 Å². The molecule has 0 spiro atoms. The van der Waals surface area contributed by atoms with Crippen molar-refractivity contribution in [2.75, 3.05) is 13.1 Å². The van der Waals surface area contributed by atoms with Gasteiger partial charge in [-0.3, -0.25) is 4.98 Å². The first-order chi connectivity index (χ1) is 11.7. The first-order valence-electron chi connectivity index (χ1n) is 8.03. The Kier molecular flexibility index (Phi) is 10.0. The van der Waals surface area contributed by atoms with Crippen LogP contribution in [0.2, 0.25) is 0 Å². The summed E-state index contributed by atoms with van der Waals surface area (Å²) in [6, 6.07) is 10.5. The maximum Gasteiger partial charge on any atom is 0.191 e. The van der Waals surface area contributed by atoms with Crippen molar-refractivity contribution < 1.29 is 9.50 Å². The second-order valence-electron chi connectivity index (χ2n) is 5.28. The number of rotatable bonds is 7. The molecule has 0 radical (unpaired) electrons. The zero-order valence-corrected chi connectivity index (χ0v) is 16.5. The molecule has 0 unspecified atom stereocenters. The monoisotopic (exact) mass is 458 g/mol. The van der Waals surface area contributed by atoms with Crippen molar-refractivity contribution in [1.82, 2.24) is 15.6 Å². The molecular formula is C18H24FIN4O. The summed E-state index contributed by atoms with van der Waals surface area (Å²) in [6.45, 7) is 3.56. The Morgan fingerprint density at radius 1 is 1.24 bits per heavy atom. The highest BCUT2D eigenvalue weighted by molar-refractivity contribution is 14.0. The maximum atomic E-state index is 13.4. The number of nitrogens with one attached hydrogen (secondary N) is 2. The minimum absolute atomic E-state index is 0. The lowest BCUT2D eigenvalue weighted by Gasteiger charge is -2.11. The van der Waals surface area contributed by atoms with Crippen LogP contribution in [0.4, 0.5) is 4.39 Å². The van der Waals surface area contributed by atoms with E-state index in [-0.39, 0.29) is 36.1 Å². The third-order valence-corrected chi connectivity index (χ3v) is 3.44. The van der Waals surface area contributed by atoms with Crippen molar-refractivity contribution in [2.24, 2.45) is 4.99 Å². The van der Waals surface area contributed by atoms with E-state index in [0.29, 0.717) is 19.0 Å². The summed E-state index contributed by atoms with van der Waals surface area (Å²) in [5.41, 5.74) is 2.16. The molecule has 0 aliphatic rings. The van der Waals surface area contributed by atoms with Crippen LogP contribution in [0.25, 0.3) is 0 Å². The van der Waals surface area contributed by atoms with E-state index in [1.807, 2.05) is 25.1 Å². The molecule has 0 bridgehead atoms. The fourth-order valence-electron chi connectivity index (χ4n) is 2.21. The van der Waals surface area contributed by atoms with Crippen molar-refractivity contribution in [1.29, 1.82) is 0 Å². The molecular weight excluding hydrogens is 434 g/mol. The van der Waals surface area contributed by atoms with Crippen LogP contribution in [-0.2, 0) is 19.6 Å². The average molecular weight is 458 g/mol. The number of aliphatic hydroxyl groups excluding tert-OH is 1. The minimum Gasteiger partial charge on any atom is -0.392 e. The van der Waals surface area contributed by atoms with Crippen LogP contribution >= 0.6 is 24.0 Å². The third kappa shape index (κ3) is 7.35. The molecule has 0 aliphatic heterocycles. The molecule has 0 atom stereocenters. The van der Waals surface area contributed by atoms with Gasteiger partial charge in [0, 0.05) is 37.0 Å². The van der Waals surface area contributed by atoms with Crippen molar-refractivity contribution in [3.8, 4) is 0 Å². The van der Waals surface area contributed by atoms with Gasteiger partial charge in [-0.25, -0.2) is 9.38 Å². The Hall–Kier alpha value is -1.74. The predicted molar refractivity (Wildman–Crippen MR) is 108 cm³/mol. The van der Waals surface area contributed by atoms with E-state index in [9.17, 15) is 4.39 Å². The summed E-state index contributed by atoms with van der Waals surface area (Å²) in [5.74, 6) is 0.300. The Morgan fingerprint density at radius 3 is 2.76 bits per heavy atom. The number of halogens is 2. The molecule has 136 valence electrons. The number of pyridine rings is 1. The van der Waals surface area contributed by atoms with Gasteiger partial charge in [0.1, 0.15) is 5.82 Å². The number of benzene rings is 1. The van der Waals surface area contributed by atoms with E-state index >= 15 is 0 Å². The fraction of sp³-hybridized carbons (Fsp3) is 0.333. The van der Waals surface area contributed by atoms with E-state index in [1.54, 1.807) is 18.3 Å². The molecule has 1 aromatic carbocycles. The van der Waals surface area contributed by atoms with Crippen molar-refractivity contribution in [3.63, 3.8) is 0 Å². The Labute approximate surface area is 164 Å². The SMILES string of the molecule is CCNC(=NCc1ccc(F)c(CO)c1)NCCc1ccccn1.I. The molecule has 7 heteroatoms. The Bertz CT molecular complexity index is 667. The van der Waals surface area contributed by atoms with Crippen molar-refractivity contribution in [2.45, 2.75) is 26.5 Å². The molecule has 5 nitrogen and oxygen atoms in total. The molecule has 2 rings (SSSR count). The standard InChI is InChI=1S/C18H23FN4O.HI/c1-2-20-18(22-10-8-16-5-3-4-9-21-16)23-12-14-6-7-17(19)15(11-14)13-24;/h3-7,9,11,24H,2,8,10,12-13H2,1H3,(H2,20,22,23);1H. The highest BCUT2D eigenvalue weighted by atomic mass is 127. The van der Waals surface area contributed by atoms with Crippen LogP contribution in [-0.4, -0.2) is 29.1 Å². The van der Waals surface area contributed by atoms with Crippen LogP contribution in [0.1, 0.15) is 23.7 Å². The quantitative estimate of drug-likeness (QED) is 0.339. The predicted octanol–water partition coefficient (Wildman–Crippen LogP) is 2.63. The van der Waals surface area contributed by atoms with Crippen molar-refractivity contribution in [3.05, 3.63) is 65.2 Å². The van der Waals surface area contributed by atoms with Gasteiger partial charge >= 0.3 is 0 Å². The molecule has 3 N–H and O–H groups in total. The molecule has 25 heavy (non-hydrogen) atoms. The second-order valence-corrected chi connectivity index (χ2v) is 5.28. The number of nitrogens with zero attached hydrogens (tertiary/aromatic N) is 2. The average Bonchev–Trinajstić information content (AvgIpc) is 2.61. The molecule has 0 saturated heterocycles. The highest BCUT2D eigenvalue weighted by Crippen LogP contribution is 2.11. The van der Waals surface area contributed by atoms with E-state index < -0.39 is 5.82 Å². The Balaban J connectivity index is 0.00000312. The second kappa shape index (κ2) is 11.8. The summed E-state index contributed by atoms with van der Waals surface area (Å²) >= 11 is 0. The first kappa shape index (κ1) is 21.3. The van der Waals surface area contributed by atoms with E-state index in [1.165, 1.54) is 6.07 Å². The Morgan fingerprint density at radius 2 is 2.08 bits per heavy atom. The van der Waals surface area contributed by atoms with Crippen LogP contribution < -0.4 is 10.6 Å². The lowest BCUT2D eigenvalue weighted by atomic mass is 10.1. The number of aromatic nitrogens is 1. The lowest BCUT2D eigenvalue weighted by Crippen LogP contribution is -2.38. The third-order valence-electron chi connectivity index (χ3n) is 3.44. The summed E-state index contributed by atoms with van der Waals surface area (Å²) in [5, 5.41) is 15.6. The molecule has 0 aliphatic carbocycles. The topological polar surface area (TPSA) is 69.5 Å². The van der Waals surface area contributed by atoms with Gasteiger partial charge in [0.2, 0.25) is 0 Å². The summed E-state index contributed by atoms with van der Waals surface area (Å²) in [7, 11) is 0.